The molecule has 6 nitrogen and oxygen atoms in total. The first-order valence-electron chi connectivity index (χ1n) is 7.73. The number of nitrogens with zero attached hydrogens (tertiary/aromatic N) is 1. The van der Waals surface area contributed by atoms with Gasteiger partial charge in [-0.25, -0.2) is 4.79 Å². The molecule has 1 unspecified atom stereocenters. The van der Waals surface area contributed by atoms with Crippen molar-refractivity contribution < 1.29 is 23.8 Å². The molecule has 124 valence electrons. The molecule has 0 N–H and O–H groups in total. The van der Waals surface area contributed by atoms with Gasteiger partial charge in [-0.05, 0) is 50.5 Å². The number of carbonyl (C=O) groups is 2. The van der Waals surface area contributed by atoms with Crippen LogP contribution < -0.4 is 9.47 Å². The largest absolute Gasteiger partial charge is 0.454 e. The maximum Gasteiger partial charge on any atom is 0.410 e. The molecule has 0 aromatic heterocycles. The minimum atomic E-state index is -0.550. The molecule has 0 radical (unpaired) electrons. The van der Waals surface area contributed by atoms with Gasteiger partial charge in [-0.1, -0.05) is 0 Å². The van der Waals surface area contributed by atoms with Crippen LogP contribution in [0.25, 0.3) is 0 Å². The van der Waals surface area contributed by atoms with Crippen molar-refractivity contribution in [2.24, 2.45) is 0 Å². The summed E-state index contributed by atoms with van der Waals surface area (Å²) in [6.45, 7) is 6.55. The van der Waals surface area contributed by atoms with E-state index in [-0.39, 0.29) is 18.8 Å². The van der Waals surface area contributed by atoms with Gasteiger partial charge in [0.05, 0.1) is 0 Å². The smallest absolute Gasteiger partial charge is 0.410 e. The zero-order chi connectivity index (χ0) is 16.6. The van der Waals surface area contributed by atoms with Crippen LogP contribution in [0.15, 0.2) is 12.1 Å². The van der Waals surface area contributed by atoms with Crippen LogP contribution in [0, 0.1) is 0 Å². The average Bonchev–Trinajstić information content (AvgIpc) is 2.83. The number of carbonyl (C=O) groups excluding carboxylic acids is 2. The van der Waals surface area contributed by atoms with Crippen LogP contribution in [-0.4, -0.2) is 36.2 Å². The highest BCUT2D eigenvalue weighted by Gasteiger charge is 2.30. The summed E-state index contributed by atoms with van der Waals surface area (Å²) >= 11 is 0. The van der Waals surface area contributed by atoms with Gasteiger partial charge in [0.2, 0.25) is 6.79 Å². The van der Waals surface area contributed by atoms with Crippen molar-refractivity contribution in [2.45, 2.75) is 45.3 Å². The van der Waals surface area contributed by atoms with E-state index < -0.39 is 5.60 Å². The summed E-state index contributed by atoms with van der Waals surface area (Å²) < 4.78 is 16.3. The average molecular weight is 319 g/mol. The number of fused-ring (bicyclic) bond motifs is 2. The number of amides is 1. The van der Waals surface area contributed by atoms with Gasteiger partial charge in [0, 0.05) is 19.0 Å². The molecular weight excluding hydrogens is 298 g/mol. The van der Waals surface area contributed by atoms with Crippen molar-refractivity contribution in [3.8, 4) is 11.5 Å². The van der Waals surface area contributed by atoms with E-state index >= 15 is 0 Å². The highest BCUT2D eigenvalue weighted by molar-refractivity contribution is 5.70. The summed E-state index contributed by atoms with van der Waals surface area (Å²) in [7, 11) is 0. The van der Waals surface area contributed by atoms with Gasteiger partial charge < -0.3 is 23.9 Å². The first kappa shape index (κ1) is 15.6. The molecule has 2 heterocycles. The van der Waals surface area contributed by atoms with Crippen LogP contribution in [0.1, 0.15) is 44.2 Å². The number of aldehydes is 1. The zero-order valence-electron chi connectivity index (χ0n) is 13.6. The molecule has 6 heteroatoms. The van der Waals surface area contributed by atoms with Gasteiger partial charge in [0.1, 0.15) is 11.9 Å². The van der Waals surface area contributed by atoms with E-state index in [1.165, 1.54) is 0 Å². The van der Waals surface area contributed by atoms with Crippen molar-refractivity contribution in [3.05, 3.63) is 23.3 Å². The molecule has 2 aliphatic heterocycles. The second kappa shape index (κ2) is 5.76. The van der Waals surface area contributed by atoms with E-state index in [2.05, 4.69) is 0 Å². The Morgan fingerprint density at radius 3 is 2.65 bits per heavy atom. The summed E-state index contributed by atoms with van der Waals surface area (Å²) in [4.78, 5) is 25.5. The fraction of sp³-hybridized carbons (Fsp3) is 0.529. The molecule has 1 amide bonds. The zero-order valence-corrected chi connectivity index (χ0v) is 13.6. The number of rotatable bonds is 1. The Balaban J connectivity index is 1.90. The van der Waals surface area contributed by atoms with Gasteiger partial charge >= 0.3 is 6.09 Å². The molecule has 0 saturated heterocycles. The van der Waals surface area contributed by atoms with Gasteiger partial charge in [-0.15, -0.1) is 0 Å². The van der Waals surface area contributed by atoms with E-state index in [1.807, 2.05) is 32.9 Å². The van der Waals surface area contributed by atoms with Gasteiger partial charge in [0.25, 0.3) is 0 Å². The van der Waals surface area contributed by atoms with E-state index in [0.717, 1.165) is 17.4 Å². The van der Waals surface area contributed by atoms with E-state index in [4.69, 9.17) is 14.2 Å². The van der Waals surface area contributed by atoms with E-state index in [0.29, 0.717) is 31.0 Å². The lowest BCUT2D eigenvalue weighted by Gasteiger charge is -2.26. The minimum Gasteiger partial charge on any atom is -0.454 e. The van der Waals surface area contributed by atoms with Crippen LogP contribution in [0.4, 0.5) is 4.79 Å². The highest BCUT2D eigenvalue weighted by Crippen LogP contribution is 2.39. The Hall–Kier alpha value is -2.24. The number of hydrogen-bond acceptors (Lipinski definition) is 5. The van der Waals surface area contributed by atoms with Crippen LogP contribution >= 0.6 is 0 Å². The van der Waals surface area contributed by atoms with Crippen LogP contribution in [-0.2, 0) is 16.1 Å². The second-order valence-electron chi connectivity index (χ2n) is 6.84. The molecule has 0 saturated carbocycles. The number of hydrogen-bond donors (Lipinski definition) is 0. The molecule has 0 fully saturated rings. The molecule has 23 heavy (non-hydrogen) atoms. The summed E-state index contributed by atoms with van der Waals surface area (Å²) in [6.07, 6.45) is 1.13. The summed E-state index contributed by atoms with van der Waals surface area (Å²) in [5.74, 6) is 1.05. The third-order valence-corrected chi connectivity index (χ3v) is 3.92. The van der Waals surface area contributed by atoms with E-state index in [1.54, 1.807) is 4.90 Å². The molecule has 2 aliphatic rings. The predicted octanol–water partition coefficient (Wildman–Crippen LogP) is 2.84. The quantitative estimate of drug-likeness (QED) is 0.745. The molecule has 0 spiro atoms. The minimum absolute atomic E-state index is 0.180. The first-order valence-corrected chi connectivity index (χ1v) is 7.73. The highest BCUT2D eigenvalue weighted by atomic mass is 16.7. The second-order valence-corrected chi connectivity index (χ2v) is 6.84. The fourth-order valence-electron chi connectivity index (χ4n) is 2.84. The lowest BCUT2D eigenvalue weighted by molar-refractivity contribution is -0.109. The SMILES string of the molecule is CC(C)(C)OC(=O)N1CCC(C=O)c2cc3c(cc2C1)OCO3. The third-order valence-electron chi connectivity index (χ3n) is 3.92. The van der Waals surface area contributed by atoms with E-state index in [9.17, 15) is 9.59 Å². The number of ether oxygens (including phenoxy) is 3. The maximum absolute atomic E-state index is 12.4. The Bertz CT molecular complexity index is 635. The van der Waals surface area contributed by atoms with Crippen molar-refractivity contribution in [2.75, 3.05) is 13.3 Å². The van der Waals surface area contributed by atoms with Crippen molar-refractivity contribution >= 4 is 12.4 Å². The van der Waals surface area contributed by atoms with Gasteiger partial charge in [0.15, 0.2) is 11.5 Å². The molecular formula is C17H21NO5. The fourth-order valence-corrected chi connectivity index (χ4v) is 2.84. The maximum atomic E-state index is 12.4. The van der Waals surface area contributed by atoms with Crippen LogP contribution in [0.2, 0.25) is 0 Å². The molecule has 0 aliphatic carbocycles. The summed E-state index contributed by atoms with van der Waals surface area (Å²) in [6, 6.07) is 3.71. The normalized spacial score (nSPS) is 19.8. The molecule has 1 atom stereocenters. The molecule has 3 rings (SSSR count). The molecule has 1 aromatic carbocycles. The Morgan fingerprint density at radius 2 is 2.00 bits per heavy atom. The molecule has 1 aromatic rings. The van der Waals surface area contributed by atoms with Crippen molar-refractivity contribution in [3.63, 3.8) is 0 Å². The topological polar surface area (TPSA) is 65.1 Å². The lowest BCUT2D eigenvalue weighted by atomic mass is 9.93. The summed E-state index contributed by atoms with van der Waals surface area (Å²) in [5, 5.41) is 0. The number of benzene rings is 1. The van der Waals surface area contributed by atoms with Crippen molar-refractivity contribution in [1.82, 2.24) is 4.90 Å². The van der Waals surface area contributed by atoms with Crippen LogP contribution in [0.5, 0.6) is 11.5 Å². The lowest BCUT2D eigenvalue weighted by Crippen LogP contribution is -2.36. The predicted molar refractivity (Wildman–Crippen MR) is 82.6 cm³/mol. The Labute approximate surface area is 135 Å². The van der Waals surface area contributed by atoms with Crippen LogP contribution in [0.3, 0.4) is 0 Å². The molecule has 0 bridgehead atoms. The van der Waals surface area contributed by atoms with Gasteiger partial charge in [-0.2, -0.15) is 0 Å². The first-order chi connectivity index (χ1) is 10.9. The monoisotopic (exact) mass is 319 g/mol. The standard InChI is InChI=1S/C17H21NO5/c1-17(2,3)23-16(20)18-5-4-11(9-19)13-7-15-14(21-10-22-15)6-12(13)8-18/h6-7,9,11H,4-5,8,10H2,1-3H3. The third kappa shape index (κ3) is 3.25. The van der Waals surface area contributed by atoms with Crippen molar-refractivity contribution in [1.29, 1.82) is 0 Å². The Kier molecular flexibility index (Phi) is 3.92. The summed E-state index contributed by atoms with van der Waals surface area (Å²) in [5.41, 5.74) is 1.25. The Morgan fingerprint density at radius 1 is 1.30 bits per heavy atom. The van der Waals surface area contributed by atoms with Gasteiger partial charge in [-0.3, -0.25) is 0 Å².